The second kappa shape index (κ2) is 17.6. The van der Waals surface area contributed by atoms with Crippen molar-refractivity contribution in [2.75, 3.05) is 13.1 Å². The van der Waals surface area contributed by atoms with Crippen LogP contribution in [0.1, 0.15) is 110 Å². The van der Waals surface area contributed by atoms with Gasteiger partial charge in [-0.25, -0.2) is 0 Å². The highest BCUT2D eigenvalue weighted by Gasteiger charge is 2.13. The lowest BCUT2D eigenvalue weighted by molar-refractivity contribution is 0.559. The molecule has 3 nitrogen and oxygen atoms in total. The number of nitrogens with zero attached hydrogens (tertiary/aromatic N) is 1. The standard InChI is InChI=1S/C23H45N3/c1-2-3-4-5-6-7-8-9-10-11-12-13-14-15-16-17-18-19-22(24)23-25-20-21-26-23/h9-10,22H,2-8,11-21,24H2,1H3,(H,25,26)/b10-9-. The number of amidine groups is 1. The minimum absolute atomic E-state index is 0.139. The lowest BCUT2D eigenvalue weighted by Gasteiger charge is -2.11. The van der Waals surface area contributed by atoms with Crippen LogP contribution in [0.5, 0.6) is 0 Å². The summed E-state index contributed by atoms with van der Waals surface area (Å²) >= 11 is 0. The minimum Gasteiger partial charge on any atom is -0.371 e. The van der Waals surface area contributed by atoms with Crippen LogP contribution in [-0.4, -0.2) is 25.0 Å². The van der Waals surface area contributed by atoms with E-state index in [9.17, 15) is 0 Å². The molecule has 0 aromatic heterocycles. The smallest absolute Gasteiger partial charge is 0.113 e. The summed E-state index contributed by atoms with van der Waals surface area (Å²) in [4.78, 5) is 4.41. The molecule has 0 fully saturated rings. The molecule has 26 heavy (non-hydrogen) atoms. The summed E-state index contributed by atoms with van der Waals surface area (Å²) in [6.07, 6.45) is 26.3. The molecule has 3 heteroatoms. The average molecular weight is 364 g/mol. The molecule has 3 N–H and O–H groups in total. The van der Waals surface area contributed by atoms with E-state index in [0.717, 1.165) is 25.3 Å². The Morgan fingerprint density at radius 3 is 1.92 bits per heavy atom. The molecule has 0 aromatic rings. The number of unbranched alkanes of at least 4 members (excludes halogenated alkanes) is 13. The fraction of sp³-hybridized carbons (Fsp3) is 0.870. The SMILES string of the molecule is CCCCCCCC/C=C\CCCCCCCCCC(N)C1=NCCN1. The number of aliphatic imine (C=N–C) groups is 1. The molecule has 1 heterocycles. The van der Waals surface area contributed by atoms with Crippen LogP contribution >= 0.6 is 0 Å². The van der Waals surface area contributed by atoms with E-state index in [1.165, 1.54) is 96.3 Å². The molecule has 1 rings (SSSR count). The molecule has 0 spiro atoms. The summed E-state index contributed by atoms with van der Waals surface area (Å²) in [5, 5.41) is 3.28. The van der Waals surface area contributed by atoms with E-state index >= 15 is 0 Å². The maximum atomic E-state index is 6.15. The van der Waals surface area contributed by atoms with Gasteiger partial charge in [-0.05, 0) is 32.1 Å². The lowest BCUT2D eigenvalue weighted by atomic mass is 10.0. The van der Waals surface area contributed by atoms with E-state index in [0.29, 0.717) is 0 Å². The molecule has 0 saturated carbocycles. The van der Waals surface area contributed by atoms with Crippen LogP contribution in [0.2, 0.25) is 0 Å². The lowest BCUT2D eigenvalue weighted by Crippen LogP contribution is -2.37. The van der Waals surface area contributed by atoms with Gasteiger partial charge in [0.1, 0.15) is 5.84 Å². The third kappa shape index (κ3) is 13.4. The Labute approximate surface area is 163 Å². The summed E-state index contributed by atoms with van der Waals surface area (Å²) in [7, 11) is 0. The zero-order valence-corrected chi connectivity index (χ0v) is 17.5. The Bertz CT molecular complexity index is 362. The van der Waals surface area contributed by atoms with Crippen LogP contribution in [0.15, 0.2) is 17.1 Å². The maximum absolute atomic E-state index is 6.15. The number of allylic oxidation sites excluding steroid dienone is 2. The molecule has 1 atom stereocenters. The van der Waals surface area contributed by atoms with Gasteiger partial charge in [0.25, 0.3) is 0 Å². The van der Waals surface area contributed by atoms with Gasteiger partial charge in [-0.2, -0.15) is 0 Å². The largest absolute Gasteiger partial charge is 0.371 e. The molecule has 0 bridgehead atoms. The van der Waals surface area contributed by atoms with Gasteiger partial charge in [0.15, 0.2) is 0 Å². The minimum atomic E-state index is 0.139. The van der Waals surface area contributed by atoms with Crippen molar-refractivity contribution >= 4 is 5.84 Å². The Kier molecular flexibility index (Phi) is 15.7. The van der Waals surface area contributed by atoms with Crippen molar-refractivity contribution in [2.45, 2.75) is 116 Å². The van der Waals surface area contributed by atoms with Crippen LogP contribution < -0.4 is 11.1 Å². The first kappa shape index (κ1) is 23.2. The zero-order chi connectivity index (χ0) is 18.7. The predicted octanol–water partition coefficient (Wildman–Crippen LogP) is 6.13. The van der Waals surface area contributed by atoms with E-state index in [4.69, 9.17) is 5.73 Å². The van der Waals surface area contributed by atoms with Crippen LogP contribution in [0.25, 0.3) is 0 Å². The molecular weight excluding hydrogens is 318 g/mol. The maximum Gasteiger partial charge on any atom is 0.113 e. The summed E-state index contributed by atoms with van der Waals surface area (Å²) in [5.74, 6) is 1.04. The van der Waals surface area contributed by atoms with Crippen molar-refractivity contribution in [3.63, 3.8) is 0 Å². The van der Waals surface area contributed by atoms with Crippen molar-refractivity contribution in [2.24, 2.45) is 10.7 Å². The Hall–Kier alpha value is -0.830. The molecule has 0 aromatic carbocycles. The number of rotatable bonds is 18. The van der Waals surface area contributed by atoms with Gasteiger partial charge in [0, 0.05) is 6.54 Å². The van der Waals surface area contributed by atoms with E-state index in [2.05, 4.69) is 29.4 Å². The summed E-state index contributed by atoms with van der Waals surface area (Å²) < 4.78 is 0. The Morgan fingerprint density at radius 2 is 1.38 bits per heavy atom. The van der Waals surface area contributed by atoms with Crippen molar-refractivity contribution in [1.82, 2.24) is 5.32 Å². The Morgan fingerprint density at radius 1 is 0.846 bits per heavy atom. The zero-order valence-electron chi connectivity index (χ0n) is 17.5. The molecule has 0 amide bonds. The molecule has 0 aliphatic carbocycles. The van der Waals surface area contributed by atoms with E-state index < -0.39 is 0 Å². The molecule has 1 aliphatic heterocycles. The van der Waals surface area contributed by atoms with E-state index in [1.807, 2.05) is 0 Å². The fourth-order valence-electron chi connectivity index (χ4n) is 3.59. The molecule has 1 aliphatic rings. The van der Waals surface area contributed by atoms with Crippen LogP contribution in [-0.2, 0) is 0 Å². The van der Waals surface area contributed by atoms with Gasteiger partial charge in [-0.15, -0.1) is 0 Å². The van der Waals surface area contributed by atoms with Gasteiger partial charge in [0.05, 0.1) is 12.6 Å². The van der Waals surface area contributed by atoms with Crippen molar-refractivity contribution in [1.29, 1.82) is 0 Å². The van der Waals surface area contributed by atoms with Gasteiger partial charge in [-0.3, -0.25) is 4.99 Å². The normalized spacial score (nSPS) is 15.4. The first-order valence-electron chi connectivity index (χ1n) is 11.5. The average Bonchev–Trinajstić information content (AvgIpc) is 3.19. The van der Waals surface area contributed by atoms with E-state index in [1.54, 1.807) is 0 Å². The Balaban J connectivity index is 1.74. The van der Waals surface area contributed by atoms with Crippen molar-refractivity contribution < 1.29 is 0 Å². The second-order valence-electron chi connectivity index (χ2n) is 7.88. The number of hydrogen-bond acceptors (Lipinski definition) is 3. The summed E-state index contributed by atoms with van der Waals surface area (Å²) in [6.45, 7) is 4.15. The van der Waals surface area contributed by atoms with E-state index in [-0.39, 0.29) is 6.04 Å². The number of nitrogens with one attached hydrogen (secondary N) is 1. The highest BCUT2D eigenvalue weighted by Crippen LogP contribution is 2.12. The summed E-state index contributed by atoms with van der Waals surface area (Å²) in [5.41, 5.74) is 6.15. The predicted molar refractivity (Wildman–Crippen MR) is 117 cm³/mol. The molecule has 0 saturated heterocycles. The van der Waals surface area contributed by atoms with Gasteiger partial charge in [0.2, 0.25) is 0 Å². The van der Waals surface area contributed by atoms with Crippen molar-refractivity contribution in [3.8, 4) is 0 Å². The topological polar surface area (TPSA) is 50.4 Å². The van der Waals surface area contributed by atoms with Gasteiger partial charge in [-0.1, -0.05) is 89.7 Å². The van der Waals surface area contributed by atoms with Gasteiger partial charge >= 0.3 is 0 Å². The molecular formula is C23H45N3. The first-order chi connectivity index (χ1) is 12.8. The highest BCUT2D eigenvalue weighted by atomic mass is 15.1. The van der Waals surface area contributed by atoms with Crippen LogP contribution in [0.4, 0.5) is 0 Å². The molecule has 1 unspecified atom stereocenters. The second-order valence-corrected chi connectivity index (χ2v) is 7.88. The van der Waals surface area contributed by atoms with Crippen LogP contribution in [0.3, 0.4) is 0 Å². The number of hydrogen-bond donors (Lipinski definition) is 2. The van der Waals surface area contributed by atoms with Gasteiger partial charge < -0.3 is 11.1 Å². The monoisotopic (exact) mass is 363 g/mol. The van der Waals surface area contributed by atoms with Crippen molar-refractivity contribution in [3.05, 3.63) is 12.2 Å². The third-order valence-corrected chi connectivity index (χ3v) is 5.33. The highest BCUT2D eigenvalue weighted by molar-refractivity contribution is 5.88. The van der Waals surface area contributed by atoms with Crippen LogP contribution in [0, 0.1) is 0 Å². The number of nitrogens with two attached hydrogens (primary N) is 1. The first-order valence-corrected chi connectivity index (χ1v) is 11.5. The quantitative estimate of drug-likeness (QED) is 0.227. The molecule has 0 radical (unpaired) electrons. The fourth-order valence-corrected chi connectivity index (χ4v) is 3.59. The molecule has 152 valence electrons. The third-order valence-electron chi connectivity index (χ3n) is 5.33. The summed E-state index contributed by atoms with van der Waals surface area (Å²) in [6, 6.07) is 0.139.